The van der Waals surface area contributed by atoms with Crippen molar-refractivity contribution >= 4 is 17.4 Å². The first-order valence-corrected chi connectivity index (χ1v) is 8.39. The largest absolute Gasteiger partial charge is 0.376 e. The standard InChI is InChI=1S/C15H24N2O2S/c1-2-7-17(11-14-5-3-4-8-19-14)15(18)16-10-13-6-9-20-12-13/h6,9,12,14H,2-5,7-8,10-11H2,1H3,(H,16,18)/t14-/m0/s1. The summed E-state index contributed by atoms with van der Waals surface area (Å²) in [6, 6.07) is 2.06. The molecule has 1 aromatic rings. The van der Waals surface area contributed by atoms with Crippen molar-refractivity contribution in [2.24, 2.45) is 0 Å². The molecule has 1 aliphatic rings. The summed E-state index contributed by atoms with van der Waals surface area (Å²) in [6.45, 7) is 5.04. The molecular formula is C15H24N2O2S. The van der Waals surface area contributed by atoms with Crippen LogP contribution in [0.4, 0.5) is 4.79 Å². The summed E-state index contributed by atoms with van der Waals surface area (Å²) < 4.78 is 5.74. The summed E-state index contributed by atoms with van der Waals surface area (Å²) in [4.78, 5) is 14.2. The van der Waals surface area contributed by atoms with Gasteiger partial charge in [-0.3, -0.25) is 0 Å². The average molecular weight is 296 g/mol. The van der Waals surface area contributed by atoms with Crippen molar-refractivity contribution in [3.8, 4) is 0 Å². The van der Waals surface area contributed by atoms with Gasteiger partial charge in [-0.25, -0.2) is 4.79 Å². The highest BCUT2D eigenvalue weighted by atomic mass is 32.1. The minimum atomic E-state index is 0.0206. The second-order valence-corrected chi connectivity index (χ2v) is 6.00. The Morgan fingerprint density at radius 1 is 1.55 bits per heavy atom. The molecule has 2 heterocycles. The fourth-order valence-corrected chi connectivity index (χ4v) is 3.09. The second kappa shape index (κ2) is 8.27. The van der Waals surface area contributed by atoms with Gasteiger partial charge in [0.1, 0.15) is 0 Å². The van der Waals surface area contributed by atoms with Gasteiger partial charge in [0.05, 0.1) is 6.10 Å². The lowest BCUT2D eigenvalue weighted by atomic mass is 10.1. The van der Waals surface area contributed by atoms with E-state index in [0.29, 0.717) is 13.1 Å². The maximum atomic E-state index is 12.3. The van der Waals surface area contributed by atoms with E-state index in [-0.39, 0.29) is 12.1 Å². The molecule has 4 nitrogen and oxygen atoms in total. The van der Waals surface area contributed by atoms with Crippen molar-refractivity contribution in [3.63, 3.8) is 0 Å². The summed E-state index contributed by atoms with van der Waals surface area (Å²) in [5, 5.41) is 7.09. The molecule has 0 radical (unpaired) electrons. The van der Waals surface area contributed by atoms with Crippen LogP contribution >= 0.6 is 11.3 Å². The predicted molar refractivity (Wildman–Crippen MR) is 82.0 cm³/mol. The van der Waals surface area contributed by atoms with Gasteiger partial charge in [-0.15, -0.1) is 0 Å². The number of urea groups is 1. The van der Waals surface area contributed by atoms with Gasteiger partial charge < -0.3 is 15.0 Å². The quantitative estimate of drug-likeness (QED) is 0.875. The Bertz CT molecular complexity index is 389. The number of nitrogens with one attached hydrogen (secondary N) is 1. The highest BCUT2D eigenvalue weighted by molar-refractivity contribution is 7.07. The third kappa shape index (κ3) is 4.80. The van der Waals surface area contributed by atoms with Crippen LogP contribution in [0.25, 0.3) is 0 Å². The van der Waals surface area contributed by atoms with E-state index in [0.717, 1.165) is 38.0 Å². The van der Waals surface area contributed by atoms with Gasteiger partial charge in [-0.05, 0) is 48.1 Å². The Balaban J connectivity index is 1.81. The van der Waals surface area contributed by atoms with Crippen LogP contribution in [-0.2, 0) is 11.3 Å². The van der Waals surface area contributed by atoms with Crippen LogP contribution in [0.5, 0.6) is 0 Å². The number of ether oxygens (including phenoxy) is 1. The van der Waals surface area contributed by atoms with E-state index >= 15 is 0 Å². The molecule has 1 aliphatic heterocycles. The SMILES string of the molecule is CCCN(C[C@@H]1CCCCO1)C(=O)NCc1ccsc1. The molecule has 112 valence electrons. The van der Waals surface area contributed by atoms with E-state index < -0.39 is 0 Å². The van der Waals surface area contributed by atoms with Crippen LogP contribution < -0.4 is 5.32 Å². The first kappa shape index (κ1) is 15.3. The fraction of sp³-hybridized carbons (Fsp3) is 0.667. The Kier molecular flexibility index (Phi) is 6.33. The zero-order valence-corrected chi connectivity index (χ0v) is 13.0. The molecule has 0 aromatic carbocycles. The van der Waals surface area contributed by atoms with Crippen molar-refractivity contribution < 1.29 is 9.53 Å². The van der Waals surface area contributed by atoms with Crippen LogP contribution in [0.1, 0.15) is 38.2 Å². The molecule has 5 heteroatoms. The number of carbonyl (C=O) groups is 1. The highest BCUT2D eigenvalue weighted by Gasteiger charge is 2.20. The van der Waals surface area contributed by atoms with E-state index in [1.54, 1.807) is 11.3 Å². The molecule has 1 atom stereocenters. The third-order valence-corrected chi connectivity index (χ3v) is 4.23. The van der Waals surface area contributed by atoms with Crippen LogP contribution in [0.2, 0.25) is 0 Å². The number of carbonyl (C=O) groups excluding carboxylic acids is 1. The summed E-state index contributed by atoms with van der Waals surface area (Å²) >= 11 is 1.65. The summed E-state index contributed by atoms with van der Waals surface area (Å²) in [5.41, 5.74) is 1.16. The third-order valence-electron chi connectivity index (χ3n) is 3.50. The smallest absolute Gasteiger partial charge is 0.317 e. The van der Waals surface area contributed by atoms with Crippen LogP contribution in [0.15, 0.2) is 16.8 Å². The first-order chi connectivity index (χ1) is 9.79. The Morgan fingerprint density at radius 2 is 2.45 bits per heavy atom. The lowest BCUT2D eigenvalue weighted by Crippen LogP contribution is -2.45. The van der Waals surface area contributed by atoms with Gasteiger partial charge in [0, 0.05) is 26.2 Å². The van der Waals surface area contributed by atoms with E-state index in [2.05, 4.69) is 17.6 Å². The number of nitrogens with zero attached hydrogens (tertiary/aromatic N) is 1. The maximum Gasteiger partial charge on any atom is 0.317 e. The van der Waals surface area contributed by atoms with Crippen molar-refractivity contribution in [3.05, 3.63) is 22.4 Å². The number of amides is 2. The zero-order chi connectivity index (χ0) is 14.2. The molecule has 0 bridgehead atoms. The van der Waals surface area contributed by atoms with Gasteiger partial charge in [0.2, 0.25) is 0 Å². The zero-order valence-electron chi connectivity index (χ0n) is 12.1. The van der Waals surface area contributed by atoms with E-state index in [1.807, 2.05) is 16.3 Å². The second-order valence-electron chi connectivity index (χ2n) is 5.22. The van der Waals surface area contributed by atoms with Crippen molar-refractivity contribution in [2.45, 2.75) is 45.3 Å². The molecule has 1 saturated heterocycles. The number of thiophene rings is 1. The topological polar surface area (TPSA) is 41.6 Å². The van der Waals surface area contributed by atoms with Gasteiger partial charge >= 0.3 is 6.03 Å². The average Bonchev–Trinajstić information content (AvgIpc) is 2.99. The molecule has 0 spiro atoms. The van der Waals surface area contributed by atoms with E-state index in [4.69, 9.17) is 4.74 Å². The fourth-order valence-electron chi connectivity index (χ4n) is 2.43. The normalized spacial score (nSPS) is 18.8. The number of hydrogen-bond acceptors (Lipinski definition) is 3. The number of rotatable bonds is 6. The maximum absolute atomic E-state index is 12.3. The monoisotopic (exact) mass is 296 g/mol. The van der Waals surface area contributed by atoms with Crippen molar-refractivity contribution in [2.75, 3.05) is 19.7 Å². The van der Waals surface area contributed by atoms with Crippen LogP contribution in [0, 0.1) is 0 Å². The minimum absolute atomic E-state index is 0.0206. The van der Waals surface area contributed by atoms with Gasteiger partial charge in [-0.2, -0.15) is 11.3 Å². The van der Waals surface area contributed by atoms with Gasteiger partial charge in [0.25, 0.3) is 0 Å². The van der Waals surface area contributed by atoms with Crippen molar-refractivity contribution in [1.29, 1.82) is 0 Å². The molecular weight excluding hydrogens is 272 g/mol. The van der Waals surface area contributed by atoms with Crippen LogP contribution in [-0.4, -0.2) is 36.7 Å². The minimum Gasteiger partial charge on any atom is -0.376 e. The number of hydrogen-bond donors (Lipinski definition) is 1. The molecule has 20 heavy (non-hydrogen) atoms. The summed E-state index contributed by atoms with van der Waals surface area (Å²) in [7, 11) is 0. The van der Waals surface area contributed by atoms with Gasteiger partial charge in [0.15, 0.2) is 0 Å². The van der Waals surface area contributed by atoms with E-state index in [1.165, 1.54) is 6.42 Å². The Hall–Kier alpha value is -1.07. The molecule has 1 N–H and O–H groups in total. The molecule has 1 fully saturated rings. The summed E-state index contributed by atoms with van der Waals surface area (Å²) in [5.74, 6) is 0. The lowest BCUT2D eigenvalue weighted by Gasteiger charge is -2.29. The first-order valence-electron chi connectivity index (χ1n) is 7.45. The van der Waals surface area contributed by atoms with E-state index in [9.17, 15) is 4.79 Å². The highest BCUT2D eigenvalue weighted by Crippen LogP contribution is 2.14. The molecule has 1 aromatic heterocycles. The van der Waals surface area contributed by atoms with Gasteiger partial charge in [-0.1, -0.05) is 6.92 Å². The summed E-state index contributed by atoms with van der Waals surface area (Å²) in [6.07, 6.45) is 4.61. The molecule has 2 rings (SSSR count). The lowest BCUT2D eigenvalue weighted by molar-refractivity contribution is 0.000697. The predicted octanol–water partition coefficient (Wildman–Crippen LogP) is 3.24. The molecule has 0 aliphatic carbocycles. The van der Waals surface area contributed by atoms with Crippen LogP contribution in [0.3, 0.4) is 0 Å². The van der Waals surface area contributed by atoms with Crippen molar-refractivity contribution in [1.82, 2.24) is 10.2 Å². The molecule has 2 amide bonds. The Labute approximate surface area is 125 Å². The molecule has 0 saturated carbocycles. The Morgan fingerprint density at radius 3 is 3.10 bits per heavy atom. The molecule has 0 unspecified atom stereocenters.